The van der Waals surface area contributed by atoms with Gasteiger partial charge in [0.1, 0.15) is 0 Å². The first-order chi connectivity index (χ1) is 14.2. The van der Waals surface area contributed by atoms with Crippen LogP contribution < -0.4 is 10.0 Å². The summed E-state index contributed by atoms with van der Waals surface area (Å²) in [5.74, 6) is -0.777. The number of hydrogen-bond acceptors (Lipinski definition) is 9. The van der Waals surface area contributed by atoms with E-state index in [1.54, 1.807) is 5.38 Å². The average molecular weight is 449 g/mol. The second-order valence-electron chi connectivity index (χ2n) is 5.67. The van der Waals surface area contributed by atoms with Crippen LogP contribution in [0.1, 0.15) is 10.4 Å². The van der Waals surface area contributed by atoms with Crippen molar-refractivity contribution < 1.29 is 23.1 Å². The summed E-state index contributed by atoms with van der Waals surface area (Å²) in [7, 11) is -4.34. The lowest BCUT2D eigenvalue weighted by Gasteiger charge is -2.10. The van der Waals surface area contributed by atoms with Gasteiger partial charge in [0.15, 0.2) is 5.13 Å². The van der Waals surface area contributed by atoms with Crippen molar-refractivity contribution in [3.05, 3.63) is 79.8 Å². The lowest BCUT2D eigenvalue weighted by molar-refractivity contribution is -0.385. The zero-order valence-corrected chi connectivity index (χ0v) is 16.3. The Morgan fingerprint density at radius 2 is 1.67 bits per heavy atom. The monoisotopic (exact) mass is 449 g/mol. The molecule has 3 aromatic rings. The van der Waals surface area contributed by atoms with Crippen molar-refractivity contribution in [1.82, 2.24) is 4.98 Å². The summed E-state index contributed by atoms with van der Waals surface area (Å²) in [6.45, 7) is 0. The first-order valence-electron chi connectivity index (χ1n) is 7.93. The largest absolute Gasteiger partial charge is 0.298 e. The number of sulfonamides is 1. The maximum Gasteiger partial charge on any atom is 0.271 e. The molecule has 12 nitrogen and oxygen atoms in total. The van der Waals surface area contributed by atoms with E-state index in [9.17, 15) is 33.4 Å². The highest BCUT2D eigenvalue weighted by Crippen LogP contribution is 2.25. The van der Waals surface area contributed by atoms with Crippen molar-refractivity contribution in [2.24, 2.45) is 0 Å². The van der Waals surface area contributed by atoms with Crippen LogP contribution in [-0.4, -0.2) is 29.2 Å². The van der Waals surface area contributed by atoms with E-state index in [-0.39, 0.29) is 22.1 Å². The predicted molar refractivity (Wildman–Crippen MR) is 107 cm³/mol. The van der Waals surface area contributed by atoms with Crippen LogP contribution in [0.5, 0.6) is 0 Å². The number of amides is 1. The fourth-order valence-corrected chi connectivity index (χ4v) is 3.94. The van der Waals surface area contributed by atoms with E-state index in [0.717, 1.165) is 41.7 Å². The Hall–Kier alpha value is -3.91. The minimum absolute atomic E-state index is 0.000827. The van der Waals surface area contributed by atoms with Crippen LogP contribution in [0.15, 0.2) is 58.9 Å². The topological polar surface area (TPSA) is 174 Å². The first kappa shape index (κ1) is 20.8. The molecule has 0 spiro atoms. The van der Waals surface area contributed by atoms with Crippen LogP contribution in [-0.2, 0) is 10.0 Å². The van der Waals surface area contributed by atoms with Gasteiger partial charge in [0.25, 0.3) is 27.3 Å². The van der Waals surface area contributed by atoms with Gasteiger partial charge in [0.2, 0.25) is 0 Å². The maximum atomic E-state index is 12.7. The second kappa shape index (κ2) is 8.22. The average Bonchev–Trinajstić information content (AvgIpc) is 3.20. The molecule has 0 unspecified atom stereocenters. The number of aromatic nitrogens is 1. The standard InChI is InChI=1S/C16H11N5O7S2/c22-15(18-16-17-5-6-29-16)10-7-13(21(25)26)9-14(8-10)30(27,28)19-11-1-3-12(4-2-11)20(23)24/h1-9,19H,(H,17,18,22). The van der Waals surface area contributed by atoms with Crippen molar-refractivity contribution in [3.63, 3.8) is 0 Å². The fourth-order valence-electron chi connectivity index (χ4n) is 2.29. The molecule has 2 aromatic carbocycles. The predicted octanol–water partition coefficient (Wildman–Crippen LogP) is 3.01. The number of hydrogen-bond donors (Lipinski definition) is 2. The summed E-state index contributed by atoms with van der Waals surface area (Å²) in [6, 6.07) is 7.24. The van der Waals surface area contributed by atoms with E-state index in [1.165, 1.54) is 18.3 Å². The molecule has 0 saturated heterocycles. The molecule has 0 aliphatic heterocycles. The van der Waals surface area contributed by atoms with Gasteiger partial charge in [-0.2, -0.15) is 0 Å². The third kappa shape index (κ3) is 4.73. The highest BCUT2D eigenvalue weighted by molar-refractivity contribution is 7.92. The van der Waals surface area contributed by atoms with Crippen molar-refractivity contribution in [2.45, 2.75) is 4.90 Å². The fraction of sp³-hybridized carbons (Fsp3) is 0. The molecule has 2 N–H and O–H groups in total. The Labute approximate surface area is 172 Å². The zero-order valence-electron chi connectivity index (χ0n) is 14.7. The van der Waals surface area contributed by atoms with Gasteiger partial charge < -0.3 is 0 Å². The molecule has 30 heavy (non-hydrogen) atoms. The number of non-ortho nitro benzene ring substituents is 2. The molecule has 1 amide bonds. The molecule has 0 saturated carbocycles. The van der Waals surface area contributed by atoms with E-state index in [2.05, 4.69) is 15.0 Å². The van der Waals surface area contributed by atoms with Crippen LogP contribution in [0.2, 0.25) is 0 Å². The molecule has 0 atom stereocenters. The number of rotatable bonds is 7. The number of nitro groups is 2. The molecular formula is C16H11N5O7S2. The van der Waals surface area contributed by atoms with Crippen LogP contribution >= 0.6 is 11.3 Å². The van der Waals surface area contributed by atoms with Gasteiger partial charge in [-0.25, -0.2) is 13.4 Å². The molecule has 154 valence electrons. The third-order valence-electron chi connectivity index (χ3n) is 3.66. The zero-order chi connectivity index (χ0) is 21.9. The lowest BCUT2D eigenvalue weighted by atomic mass is 10.2. The Bertz CT molecular complexity index is 1230. The summed E-state index contributed by atoms with van der Waals surface area (Å²) in [5, 5.41) is 26.2. The molecule has 14 heteroatoms. The van der Waals surface area contributed by atoms with Gasteiger partial charge in [-0.05, 0) is 18.2 Å². The summed E-state index contributed by atoms with van der Waals surface area (Å²) < 4.78 is 27.5. The number of nitro benzene ring substituents is 2. The van der Waals surface area contributed by atoms with Crippen molar-refractivity contribution in [2.75, 3.05) is 10.0 Å². The second-order valence-corrected chi connectivity index (χ2v) is 8.25. The molecule has 0 aliphatic carbocycles. The van der Waals surface area contributed by atoms with Gasteiger partial charge in [0.05, 0.1) is 14.7 Å². The van der Waals surface area contributed by atoms with Crippen LogP contribution in [0.3, 0.4) is 0 Å². The van der Waals surface area contributed by atoms with E-state index in [1.807, 2.05) is 0 Å². The molecule has 1 heterocycles. The first-order valence-corrected chi connectivity index (χ1v) is 10.3. The number of nitrogens with zero attached hydrogens (tertiary/aromatic N) is 3. The highest BCUT2D eigenvalue weighted by atomic mass is 32.2. The molecule has 0 bridgehead atoms. The van der Waals surface area contributed by atoms with Gasteiger partial charge in [0, 0.05) is 47.1 Å². The number of carbonyl (C=O) groups is 1. The summed E-state index contributed by atoms with van der Waals surface area (Å²) in [5.41, 5.74) is -1.11. The molecule has 3 rings (SSSR count). The van der Waals surface area contributed by atoms with Gasteiger partial charge >= 0.3 is 0 Å². The molecular weight excluding hydrogens is 438 g/mol. The Morgan fingerprint density at radius 1 is 1.00 bits per heavy atom. The number of nitrogens with one attached hydrogen (secondary N) is 2. The number of anilines is 2. The van der Waals surface area contributed by atoms with E-state index < -0.39 is 36.4 Å². The smallest absolute Gasteiger partial charge is 0.271 e. The minimum Gasteiger partial charge on any atom is -0.298 e. The number of carbonyl (C=O) groups excluding carboxylic acids is 1. The molecule has 0 aliphatic rings. The maximum absolute atomic E-state index is 12.7. The van der Waals surface area contributed by atoms with Gasteiger partial charge in [-0.1, -0.05) is 0 Å². The molecule has 0 fully saturated rings. The summed E-state index contributed by atoms with van der Waals surface area (Å²) in [6.07, 6.45) is 1.44. The number of benzene rings is 2. The quantitative estimate of drug-likeness (QED) is 0.409. The van der Waals surface area contributed by atoms with Crippen LogP contribution in [0, 0.1) is 20.2 Å². The normalized spacial score (nSPS) is 10.9. The van der Waals surface area contributed by atoms with Gasteiger partial charge in [-0.3, -0.25) is 35.1 Å². The molecule has 0 radical (unpaired) electrons. The Morgan fingerprint density at radius 3 is 2.23 bits per heavy atom. The number of thiazole rings is 1. The van der Waals surface area contributed by atoms with Crippen molar-refractivity contribution in [1.29, 1.82) is 0 Å². The highest BCUT2D eigenvalue weighted by Gasteiger charge is 2.23. The van der Waals surface area contributed by atoms with Crippen LogP contribution in [0.25, 0.3) is 0 Å². The Balaban J connectivity index is 1.94. The SMILES string of the molecule is O=C(Nc1nccs1)c1cc([N+](=O)[O-])cc(S(=O)(=O)Nc2ccc([N+](=O)[O-])cc2)c1. The van der Waals surface area contributed by atoms with Crippen molar-refractivity contribution >= 4 is 49.5 Å². The minimum atomic E-state index is -4.34. The van der Waals surface area contributed by atoms with E-state index in [0.29, 0.717) is 0 Å². The van der Waals surface area contributed by atoms with Gasteiger partial charge in [-0.15, -0.1) is 11.3 Å². The third-order valence-corrected chi connectivity index (χ3v) is 5.71. The summed E-state index contributed by atoms with van der Waals surface area (Å²) >= 11 is 1.12. The Kier molecular flexibility index (Phi) is 5.70. The lowest BCUT2D eigenvalue weighted by Crippen LogP contribution is -2.16. The van der Waals surface area contributed by atoms with E-state index in [4.69, 9.17) is 0 Å². The summed E-state index contributed by atoms with van der Waals surface area (Å²) in [4.78, 5) is 36.1. The van der Waals surface area contributed by atoms with Crippen molar-refractivity contribution in [3.8, 4) is 0 Å². The molecule has 1 aromatic heterocycles. The van der Waals surface area contributed by atoms with Crippen LogP contribution in [0.4, 0.5) is 22.2 Å². The van der Waals surface area contributed by atoms with E-state index >= 15 is 0 Å².